The van der Waals surface area contributed by atoms with Crippen LogP contribution in [-0.2, 0) is 4.79 Å². The fourth-order valence-corrected chi connectivity index (χ4v) is 2.63. The van der Waals surface area contributed by atoms with Crippen molar-refractivity contribution >= 4 is 11.6 Å². The molecule has 2 aromatic rings. The summed E-state index contributed by atoms with van der Waals surface area (Å²) in [7, 11) is 0. The van der Waals surface area contributed by atoms with E-state index < -0.39 is 6.10 Å². The molecular weight excluding hydrogens is 314 g/mol. The Morgan fingerprint density at radius 1 is 1.04 bits per heavy atom. The van der Waals surface area contributed by atoms with Crippen molar-refractivity contribution < 1.29 is 14.3 Å². The topological polar surface area (TPSA) is 47.6 Å². The molecule has 0 radical (unpaired) electrons. The number of hydrogen-bond donors (Lipinski definition) is 1. The first-order valence-corrected chi connectivity index (χ1v) is 8.70. The molecule has 0 aromatic heterocycles. The van der Waals surface area contributed by atoms with E-state index in [0.717, 1.165) is 11.1 Å². The van der Waals surface area contributed by atoms with E-state index in [1.807, 2.05) is 71.0 Å². The summed E-state index contributed by atoms with van der Waals surface area (Å²) in [5, 5.41) is 2.93. The standard InChI is InChI=1S/C21H27NO3/c1-6-19(25-17-12-15(4)11-16(5)13-17)21(23)22-18-9-7-8-10-20(18)24-14(2)3/h7-14,19H,6H2,1-5H3,(H,22,23). The summed E-state index contributed by atoms with van der Waals surface area (Å²) in [6, 6.07) is 13.4. The van der Waals surface area contributed by atoms with Gasteiger partial charge in [-0.05, 0) is 69.5 Å². The molecule has 0 aliphatic heterocycles. The van der Waals surface area contributed by atoms with Crippen molar-refractivity contribution in [3.05, 3.63) is 53.6 Å². The number of amides is 1. The summed E-state index contributed by atoms with van der Waals surface area (Å²) in [4.78, 5) is 12.7. The van der Waals surface area contributed by atoms with E-state index in [9.17, 15) is 4.79 Å². The third kappa shape index (κ3) is 5.52. The first kappa shape index (κ1) is 18.8. The molecule has 0 aliphatic rings. The molecule has 0 saturated carbocycles. The summed E-state index contributed by atoms with van der Waals surface area (Å²) < 4.78 is 11.7. The molecule has 0 saturated heterocycles. The maximum Gasteiger partial charge on any atom is 0.265 e. The van der Waals surface area contributed by atoms with E-state index in [2.05, 4.69) is 11.4 Å². The number of carbonyl (C=O) groups is 1. The van der Waals surface area contributed by atoms with Gasteiger partial charge < -0.3 is 14.8 Å². The van der Waals surface area contributed by atoms with Gasteiger partial charge in [0.05, 0.1) is 11.8 Å². The maximum absolute atomic E-state index is 12.7. The van der Waals surface area contributed by atoms with E-state index in [0.29, 0.717) is 23.6 Å². The van der Waals surface area contributed by atoms with Gasteiger partial charge in [0.2, 0.25) is 0 Å². The molecule has 1 atom stereocenters. The molecule has 2 aromatic carbocycles. The van der Waals surface area contributed by atoms with Crippen LogP contribution in [0.25, 0.3) is 0 Å². The van der Waals surface area contributed by atoms with E-state index >= 15 is 0 Å². The normalized spacial score (nSPS) is 11.9. The van der Waals surface area contributed by atoms with Crippen LogP contribution in [0, 0.1) is 13.8 Å². The van der Waals surface area contributed by atoms with E-state index in [-0.39, 0.29) is 12.0 Å². The predicted molar refractivity (Wildman–Crippen MR) is 101 cm³/mol. The molecule has 1 N–H and O–H groups in total. The van der Waals surface area contributed by atoms with E-state index in [4.69, 9.17) is 9.47 Å². The molecular formula is C21H27NO3. The molecule has 25 heavy (non-hydrogen) atoms. The van der Waals surface area contributed by atoms with Gasteiger partial charge in [-0.3, -0.25) is 4.79 Å². The minimum Gasteiger partial charge on any atom is -0.489 e. The number of nitrogens with one attached hydrogen (secondary N) is 1. The summed E-state index contributed by atoms with van der Waals surface area (Å²) in [5.74, 6) is 1.19. The lowest BCUT2D eigenvalue weighted by Crippen LogP contribution is -2.32. The van der Waals surface area contributed by atoms with Crippen molar-refractivity contribution in [3.8, 4) is 11.5 Å². The van der Waals surface area contributed by atoms with Crippen LogP contribution in [0.3, 0.4) is 0 Å². The van der Waals surface area contributed by atoms with Gasteiger partial charge in [0.25, 0.3) is 5.91 Å². The Morgan fingerprint density at radius 3 is 2.28 bits per heavy atom. The predicted octanol–water partition coefficient (Wildman–Crippen LogP) is 4.89. The van der Waals surface area contributed by atoms with Crippen molar-refractivity contribution in [1.82, 2.24) is 0 Å². The summed E-state index contributed by atoms with van der Waals surface area (Å²) in [6.45, 7) is 9.87. The first-order valence-electron chi connectivity index (χ1n) is 8.70. The van der Waals surface area contributed by atoms with Gasteiger partial charge in [-0.25, -0.2) is 0 Å². The lowest BCUT2D eigenvalue weighted by atomic mass is 10.1. The van der Waals surface area contributed by atoms with E-state index in [1.54, 1.807) is 0 Å². The fraction of sp³-hybridized carbons (Fsp3) is 0.381. The zero-order chi connectivity index (χ0) is 18.4. The van der Waals surface area contributed by atoms with Crippen molar-refractivity contribution in [1.29, 1.82) is 0 Å². The summed E-state index contributed by atoms with van der Waals surface area (Å²) in [5.41, 5.74) is 2.88. The van der Waals surface area contributed by atoms with Crippen LogP contribution in [-0.4, -0.2) is 18.1 Å². The van der Waals surface area contributed by atoms with Gasteiger partial charge >= 0.3 is 0 Å². The Kier molecular flexibility index (Phi) is 6.45. The summed E-state index contributed by atoms with van der Waals surface area (Å²) in [6.07, 6.45) is 0.0475. The third-order valence-corrected chi connectivity index (χ3v) is 3.64. The van der Waals surface area contributed by atoms with Gasteiger partial charge in [0.15, 0.2) is 6.10 Å². The zero-order valence-electron chi connectivity index (χ0n) is 15.6. The van der Waals surface area contributed by atoms with Crippen LogP contribution in [0.4, 0.5) is 5.69 Å². The Morgan fingerprint density at radius 2 is 1.68 bits per heavy atom. The number of ether oxygens (including phenoxy) is 2. The Hall–Kier alpha value is -2.49. The molecule has 0 bridgehead atoms. The highest BCUT2D eigenvalue weighted by molar-refractivity contribution is 5.95. The number of benzene rings is 2. The van der Waals surface area contributed by atoms with Gasteiger partial charge in [0.1, 0.15) is 11.5 Å². The Bertz CT molecular complexity index is 705. The van der Waals surface area contributed by atoms with Crippen LogP contribution >= 0.6 is 0 Å². The molecule has 0 fully saturated rings. The van der Waals surface area contributed by atoms with E-state index in [1.165, 1.54) is 0 Å². The van der Waals surface area contributed by atoms with Gasteiger partial charge in [-0.1, -0.05) is 25.1 Å². The maximum atomic E-state index is 12.7. The number of para-hydroxylation sites is 2. The van der Waals surface area contributed by atoms with Crippen LogP contribution in [0.2, 0.25) is 0 Å². The Balaban J connectivity index is 2.12. The lowest BCUT2D eigenvalue weighted by Gasteiger charge is -2.20. The number of rotatable bonds is 7. The second-order valence-corrected chi connectivity index (χ2v) is 6.49. The molecule has 134 valence electrons. The Labute approximate surface area is 150 Å². The van der Waals surface area contributed by atoms with Crippen molar-refractivity contribution in [2.24, 2.45) is 0 Å². The van der Waals surface area contributed by atoms with Gasteiger partial charge in [-0.2, -0.15) is 0 Å². The molecule has 4 heteroatoms. The number of carbonyl (C=O) groups excluding carboxylic acids is 1. The zero-order valence-corrected chi connectivity index (χ0v) is 15.6. The monoisotopic (exact) mass is 341 g/mol. The van der Waals surface area contributed by atoms with Crippen molar-refractivity contribution in [2.75, 3.05) is 5.32 Å². The van der Waals surface area contributed by atoms with Gasteiger partial charge in [-0.15, -0.1) is 0 Å². The number of anilines is 1. The molecule has 0 spiro atoms. The van der Waals surface area contributed by atoms with Gasteiger partial charge in [0, 0.05) is 0 Å². The second kappa shape index (κ2) is 8.56. The average Bonchev–Trinajstić information content (AvgIpc) is 2.53. The molecule has 1 unspecified atom stereocenters. The molecule has 0 heterocycles. The number of hydrogen-bond acceptors (Lipinski definition) is 3. The molecule has 4 nitrogen and oxygen atoms in total. The quantitative estimate of drug-likeness (QED) is 0.780. The highest BCUT2D eigenvalue weighted by Crippen LogP contribution is 2.26. The van der Waals surface area contributed by atoms with Crippen LogP contribution in [0.1, 0.15) is 38.3 Å². The SMILES string of the molecule is CCC(Oc1cc(C)cc(C)c1)C(=O)Nc1ccccc1OC(C)C. The van der Waals surface area contributed by atoms with Crippen LogP contribution in [0.5, 0.6) is 11.5 Å². The minimum absolute atomic E-state index is 0.0338. The average molecular weight is 341 g/mol. The first-order chi connectivity index (χ1) is 11.9. The largest absolute Gasteiger partial charge is 0.489 e. The minimum atomic E-state index is -0.562. The highest BCUT2D eigenvalue weighted by Gasteiger charge is 2.20. The van der Waals surface area contributed by atoms with Crippen LogP contribution < -0.4 is 14.8 Å². The highest BCUT2D eigenvalue weighted by atomic mass is 16.5. The lowest BCUT2D eigenvalue weighted by molar-refractivity contribution is -0.122. The molecule has 1 amide bonds. The second-order valence-electron chi connectivity index (χ2n) is 6.49. The van der Waals surface area contributed by atoms with Crippen molar-refractivity contribution in [2.45, 2.75) is 53.2 Å². The third-order valence-electron chi connectivity index (χ3n) is 3.64. The van der Waals surface area contributed by atoms with Crippen molar-refractivity contribution in [3.63, 3.8) is 0 Å². The molecule has 2 rings (SSSR count). The number of aryl methyl sites for hydroxylation is 2. The molecule has 0 aliphatic carbocycles. The van der Waals surface area contributed by atoms with Crippen LogP contribution in [0.15, 0.2) is 42.5 Å². The summed E-state index contributed by atoms with van der Waals surface area (Å²) >= 11 is 0. The fourth-order valence-electron chi connectivity index (χ4n) is 2.63. The smallest absolute Gasteiger partial charge is 0.265 e.